The van der Waals surface area contributed by atoms with E-state index in [4.69, 9.17) is 34.7 Å². The lowest BCUT2D eigenvalue weighted by molar-refractivity contribution is -0.138. The molecule has 11 heteroatoms. The zero-order valence-electron chi connectivity index (χ0n) is 15.9. The number of nitrogens with one attached hydrogen (secondary N) is 1. The molecule has 0 amide bonds. The zero-order valence-corrected chi connectivity index (χ0v) is 17.4. The second-order valence-corrected chi connectivity index (χ2v) is 7.60. The number of aliphatic imine (C=N–C) groups is 1. The number of carbonyl (C=O) groups is 1. The van der Waals surface area contributed by atoms with E-state index in [1.165, 1.54) is 6.20 Å². The topological polar surface area (TPSA) is 143 Å². The van der Waals surface area contributed by atoms with E-state index in [1.807, 2.05) is 4.90 Å². The van der Waals surface area contributed by atoms with Crippen molar-refractivity contribution in [1.82, 2.24) is 9.97 Å². The van der Waals surface area contributed by atoms with E-state index in [2.05, 4.69) is 20.3 Å². The molecule has 1 aliphatic heterocycles. The van der Waals surface area contributed by atoms with Crippen LogP contribution in [0.1, 0.15) is 23.5 Å². The fourth-order valence-electron chi connectivity index (χ4n) is 3.33. The van der Waals surface area contributed by atoms with Gasteiger partial charge < -0.3 is 21.9 Å². The highest BCUT2D eigenvalue weighted by molar-refractivity contribution is 6.30. The molecule has 0 saturated heterocycles. The maximum absolute atomic E-state index is 11.7. The molecule has 1 aliphatic rings. The fourth-order valence-corrected chi connectivity index (χ4v) is 3.56. The number of fused-ring (bicyclic) bond motifs is 1. The maximum atomic E-state index is 11.7. The van der Waals surface area contributed by atoms with Crippen LogP contribution in [0.15, 0.2) is 59.9 Å². The van der Waals surface area contributed by atoms with Gasteiger partial charge in [-0.05, 0) is 42.0 Å². The molecule has 2 atom stereocenters. The molecule has 31 heavy (non-hydrogen) atoms. The molecule has 2 aromatic heterocycles. The number of anilines is 3. The van der Waals surface area contributed by atoms with Gasteiger partial charge in [0.1, 0.15) is 12.0 Å². The van der Waals surface area contributed by atoms with Gasteiger partial charge in [0.05, 0.1) is 27.1 Å². The Morgan fingerprint density at radius 1 is 1.10 bits per heavy atom. The molecule has 3 aromatic rings. The molecule has 0 radical (unpaired) electrons. The molecular formula is C20H17Cl2N7O2. The standard InChI is InChI=1S/C20H17Cl2N7O2/c21-11-2-5-14(25-8-11)18-27-13-4-1-10(17(19(30)31)28-20(23)24)7-15(13)29(18)16-6-3-12(22)9-26-16/h1-9,17-18,27H,(H,30,31)(H4,23,24,28). The third-order valence-corrected chi connectivity index (χ3v) is 5.10. The van der Waals surface area contributed by atoms with E-state index in [0.717, 1.165) is 5.69 Å². The zero-order chi connectivity index (χ0) is 22.1. The first kappa shape index (κ1) is 20.7. The van der Waals surface area contributed by atoms with Crippen molar-refractivity contribution in [3.05, 3.63) is 76.2 Å². The van der Waals surface area contributed by atoms with Crippen molar-refractivity contribution in [3.8, 4) is 0 Å². The van der Waals surface area contributed by atoms with E-state index < -0.39 is 18.2 Å². The lowest BCUT2D eigenvalue weighted by Crippen LogP contribution is -2.26. The Bertz CT molecular complexity index is 1150. The summed E-state index contributed by atoms with van der Waals surface area (Å²) in [7, 11) is 0. The average molecular weight is 458 g/mol. The van der Waals surface area contributed by atoms with Crippen LogP contribution in [0.25, 0.3) is 0 Å². The molecule has 158 valence electrons. The number of guanidine groups is 1. The predicted octanol–water partition coefficient (Wildman–Crippen LogP) is 3.44. The van der Waals surface area contributed by atoms with Gasteiger partial charge in [0.2, 0.25) is 0 Å². The van der Waals surface area contributed by atoms with Crippen LogP contribution >= 0.6 is 23.2 Å². The number of carboxylic acids is 1. The van der Waals surface area contributed by atoms with Crippen LogP contribution in [-0.2, 0) is 4.79 Å². The molecular weight excluding hydrogens is 441 g/mol. The normalized spacial score (nSPS) is 15.7. The third-order valence-electron chi connectivity index (χ3n) is 4.65. The maximum Gasteiger partial charge on any atom is 0.333 e. The Morgan fingerprint density at radius 3 is 2.39 bits per heavy atom. The van der Waals surface area contributed by atoms with Gasteiger partial charge in [0.25, 0.3) is 0 Å². The van der Waals surface area contributed by atoms with Crippen LogP contribution in [-0.4, -0.2) is 27.0 Å². The summed E-state index contributed by atoms with van der Waals surface area (Å²) in [5, 5.41) is 14.0. The predicted molar refractivity (Wildman–Crippen MR) is 120 cm³/mol. The summed E-state index contributed by atoms with van der Waals surface area (Å²) in [4.78, 5) is 26.3. The van der Waals surface area contributed by atoms with Crippen molar-refractivity contribution in [2.75, 3.05) is 10.2 Å². The second kappa shape index (κ2) is 8.29. The number of rotatable bonds is 5. The summed E-state index contributed by atoms with van der Waals surface area (Å²) in [6, 6.07) is 10.9. The molecule has 4 rings (SSSR count). The smallest absolute Gasteiger partial charge is 0.333 e. The number of aliphatic carboxylic acids is 1. The van der Waals surface area contributed by atoms with Gasteiger partial charge in [-0.1, -0.05) is 29.3 Å². The summed E-state index contributed by atoms with van der Waals surface area (Å²) in [6.45, 7) is 0. The molecule has 1 aromatic carbocycles. The molecule has 0 fully saturated rings. The lowest BCUT2D eigenvalue weighted by atomic mass is 10.1. The Kier molecular flexibility index (Phi) is 5.53. The van der Waals surface area contributed by atoms with Crippen molar-refractivity contribution in [3.63, 3.8) is 0 Å². The van der Waals surface area contributed by atoms with Crippen molar-refractivity contribution in [2.45, 2.75) is 12.2 Å². The van der Waals surface area contributed by atoms with Crippen LogP contribution in [0.3, 0.4) is 0 Å². The molecule has 2 unspecified atom stereocenters. The fraction of sp³-hybridized carbons (Fsp3) is 0.100. The van der Waals surface area contributed by atoms with Crippen molar-refractivity contribution in [1.29, 1.82) is 0 Å². The molecule has 9 nitrogen and oxygen atoms in total. The first-order chi connectivity index (χ1) is 14.8. The third kappa shape index (κ3) is 4.18. The number of pyridine rings is 2. The summed E-state index contributed by atoms with van der Waals surface area (Å²) in [5.41, 5.74) is 13.4. The van der Waals surface area contributed by atoms with Crippen LogP contribution < -0.4 is 21.7 Å². The first-order valence-corrected chi connectivity index (χ1v) is 9.83. The summed E-state index contributed by atoms with van der Waals surface area (Å²) in [6.07, 6.45) is 2.67. The van der Waals surface area contributed by atoms with Crippen molar-refractivity contribution in [2.24, 2.45) is 16.5 Å². The van der Waals surface area contributed by atoms with Crippen molar-refractivity contribution >= 4 is 52.3 Å². The molecule has 0 saturated carbocycles. The van der Waals surface area contributed by atoms with E-state index in [9.17, 15) is 9.90 Å². The Labute approximate surface area is 187 Å². The minimum Gasteiger partial charge on any atom is -0.479 e. The molecule has 0 spiro atoms. The number of halogens is 2. The number of aromatic nitrogens is 2. The van der Waals surface area contributed by atoms with Crippen LogP contribution in [0.5, 0.6) is 0 Å². The number of nitrogens with zero attached hydrogens (tertiary/aromatic N) is 4. The van der Waals surface area contributed by atoms with Gasteiger partial charge in [-0.3, -0.25) is 9.88 Å². The second-order valence-electron chi connectivity index (χ2n) is 6.72. The van der Waals surface area contributed by atoms with Crippen LogP contribution in [0, 0.1) is 0 Å². The van der Waals surface area contributed by atoms with E-state index in [-0.39, 0.29) is 5.96 Å². The average Bonchev–Trinajstić information content (AvgIpc) is 3.11. The highest BCUT2D eigenvalue weighted by atomic mass is 35.5. The molecule has 3 heterocycles. The summed E-state index contributed by atoms with van der Waals surface area (Å²) < 4.78 is 0. The number of hydrogen-bond donors (Lipinski definition) is 4. The number of hydrogen-bond acceptors (Lipinski definition) is 6. The summed E-state index contributed by atoms with van der Waals surface area (Å²) in [5.74, 6) is -0.903. The van der Waals surface area contributed by atoms with Gasteiger partial charge in [-0.2, -0.15) is 0 Å². The van der Waals surface area contributed by atoms with Crippen LogP contribution in [0.4, 0.5) is 17.2 Å². The van der Waals surface area contributed by atoms with Crippen molar-refractivity contribution < 1.29 is 9.90 Å². The van der Waals surface area contributed by atoms with E-state index in [1.54, 1.807) is 48.7 Å². The molecule has 0 aliphatic carbocycles. The molecule has 6 N–H and O–H groups in total. The minimum absolute atomic E-state index is 0.314. The number of benzene rings is 1. The number of carboxylic acid groups (broad SMARTS) is 1. The SMILES string of the molecule is NC(N)=NC(C(=O)O)c1ccc2c(c1)N(c1ccc(Cl)cn1)C(c1ccc(Cl)cn1)N2. The summed E-state index contributed by atoms with van der Waals surface area (Å²) >= 11 is 12.0. The quantitative estimate of drug-likeness (QED) is 0.336. The van der Waals surface area contributed by atoms with Gasteiger partial charge >= 0.3 is 5.97 Å². The van der Waals surface area contributed by atoms with Gasteiger partial charge in [0, 0.05) is 12.4 Å². The van der Waals surface area contributed by atoms with E-state index in [0.29, 0.717) is 32.8 Å². The van der Waals surface area contributed by atoms with E-state index >= 15 is 0 Å². The lowest BCUT2D eigenvalue weighted by Gasteiger charge is -2.26. The Hall–Kier alpha value is -3.56. The highest BCUT2D eigenvalue weighted by Crippen LogP contribution is 2.46. The van der Waals surface area contributed by atoms with Gasteiger partial charge in [-0.25, -0.2) is 14.8 Å². The first-order valence-electron chi connectivity index (χ1n) is 9.08. The minimum atomic E-state index is -1.25. The van der Waals surface area contributed by atoms with Crippen LogP contribution in [0.2, 0.25) is 10.0 Å². The monoisotopic (exact) mass is 457 g/mol. The molecule has 0 bridgehead atoms. The van der Waals surface area contributed by atoms with Gasteiger partial charge in [-0.15, -0.1) is 0 Å². The Morgan fingerprint density at radius 2 is 1.81 bits per heavy atom. The highest BCUT2D eigenvalue weighted by Gasteiger charge is 2.34. The van der Waals surface area contributed by atoms with Gasteiger partial charge in [0.15, 0.2) is 12.0 Å². The number of nitrogens with two attached hydrogens (primary N) is 2. The largest absolute Gasteiger partial charge is 0.479 e. The Balaban J connectivity index is 1.83.